The van der Waals surface area contributed by atoms with E-state index in [0.717, 1.165) is 6.61 Å². The van der Waals surface area contributed by atoms with Crippen molar-refractivity contribution in [2.45, 2.75) is 25.2 Å². The monoisotopic (exact) mass is 214 g/mol. The van der Waals surface area contributed by atoms with Gasteiger partial charge in [-0.15, -0.1) is 0 Å². The molecule has 2 saturated heterocycles. The third-order valence-corrected chi connectivity index (χ3v) is 2.35. The Morgan fingerprint density at radius 2 is 2.27 bits per heavy atom. The molecule has 1 N–H and O–H groups in total. The van der Waals surface area contributed by atoms with Gasteiger partial charge in [0.1, 0.15) is 18.3 Å². The average molecular weight is 214 g/mol. The fraction of sp³-hybridized carbons (Fsp3) is 0.700. The van der Waals surface area contributed by atoms with E-state index >= 15 is 0 Å². The summed E-state index contributed by atoms with van der Waals surface area (Å²) in [6, 6.07) is 0. The minimum absolute atomic E-state index is 0.0121. The van der Waals surface area contributed by atoms with Crippen molar-refractivity contribution in [1.29, 1.82) is 0 Å². The highest BCUT2D eigenvalue weighted by atomic mass is 16.6. The molecule has 0 aromatic carbocycles. The van der Waals surface area contributed by atoms with Crippen LogP contribution in [0.15, 0.2) is 11.6 Å². The summed E-state index contributed by atoms with van der Waals surface area (Å²) in [7, 11) is 0. The zero-order valence-electron chi connectivity index (χ0n) is 8.51. The summed E-state index contributed by atoms with van der Waals surface area (Å²) >= 11 is 0. The summed E-state index contributed by atoms with van der Waals surface area (Å²) in [6.45, 7) is 3.43. The standard InChI is InChI=1S/C10H14O5/c1-6(10(11)12)2-8(9-5-15-9)14-4-7-3-13-7/h2,7-9H,3-5H2,1H3,(H,11,12). The Morgan fingerprint density at radius 3 is 2.73 bits per heavy atom. The lowest BCUT2D eigenvalue weighted by Crippen LogP contribution is -2.21. The van der Waals surface area contributed by atoms with E-state index in [4.69, 9.17) is 19.3 Å². The van der Waals surface area contributed by atoms with Gasteiger partial charge in [0, 0.05) is 5.57 Å². The first-order valence-corrected chi connectivity index (χ1v) is 4.93. The smallest absolute Gasteiger partial charge is 0.331 e. The van der Waals surface area contributed by atoms with Gasteiger partial charge in [-0.1, -0.05) is 0 Å². The van der Waals surface area contributed by atoms with Gasteiger partial charge in [0.15, 0.2) is 0 Å². The maximum absolute atomic E-state index is 10.6. The summed E-state index contributed by atoms with van der Waals surface area (Å²) in [6.07, 6.45) is 1.54. The first kappa shape index (κ1) is 10.6. The number of carboxylic acid groups (broad SMARTS) is 1. The average Bonchev–Trinajstić information content (AvgIpc) is 3.02. The quantitative estimate of drug-likeness (QED) is 0.505. The fourth-order valence-electron chi connectivity index (χ4n) is 1.21. The summed E-state index contributed by atoms with van der Waals surface area (Å²) in [5, 5.41) is 8.73. The van der Waals surface area contributed by atoms with Crippen LogP contribution in [0.2, 0.25) is 0 Å². The molecule has 15 heavy (non-hydrogen) atoms. The summed E-state index contributed by atoms with van der Waals surface area (Å²) < 4.78 is 15.6. The zero-order chi connectivity index (χ0) is 10.8. The van der Waals surface area contributed by atoms with Gasteiger partial charge in [-0.3, -0.25) is 0 Å². The van der Waals surface area contributed by atoms with Crippen LogP contribution in [0.3, 0.4) is 0 Å². The van der Waals surface area contributed by atoms with Crippen LogP contribution in [0.4, 0.5) is 0 Å². The van der Waals surface area contributed by atoms with E-state index in [-0.39, 0.29) is 23.9 Å². The van der Waals surface area contributed by atoms with Crippen LogP contribution in [-0.2, 0) is 19.0 Å². The van der Waals surface area contributed by atoms with Crippen LogP contribution in [0.5, 0.6) is 0 Å². The van der Waals surface area contributed by atoms with Crippen LogP contribution in [0.25, 0.3) is 0 Å². The van der Waals surface area contributed by atoms with E-state index in [0.29, 0.717) is 13.2 Å². The number of hydrogen-bond acceptors (Lipinski definition) is 4. The van der Waals surface area contributed by atoms with Crippen molar-refractivity contribution in [1.82, 2.24) is 0 Å². The molecule has 0 bridgehead atoms. The first-order chi connectivity index (χ1) is 7.16. The second-order valence-electron chi connectivity index (χ2n) is 3.78. The summed E-state index contributed by atoms with van der Waals surface area (Å²) in [4.78, 5) is 10.6. The zero-order valence-corrected chi connectivity index (χ0v) is 8.51. The molecule has 0 aromatic rings. The van der Waals surface area contributed by atoms with E-state index in [9.17, 15) is 4.79 Å². The number of aliphatic carboxylic acids is 1. The van der Waals surface area contributed by atoms with Gasteiger partial charge in [0.2, 0.25) is 0 Å². The molecule has 2 rings (SSSR count). The minimum Gasteiger partial charge on any atom is -0.478 e. The van der Waals surface area contributed by atoms with Gasteiger partial charge >= 0.3 is 5.97 Å². The van der Waals surface area contributed by atoms with E-state index in [1.165, 1.54) is 0 Å². The molecule has 0 radical (unpaired) electrons. The minimum atomic E-state index is -0.924. The molecule has 5 heteroatoms. The normalized spacial score (nSPS) is 31.1. The number of carbonyl (C=O) groups is 1. The number of ether oxygens (including phenoxy) is 3. The Kier molecular flexibility index (Phi) is 3.04. The lowest BCUT2D eigenvalue weighted by molar-refractivity contribution is -0.132. The molecule has 2 fully saturated rings. The van der Waals surface area contributed by atoms with Crippen molar-refractivity contribution in [3.8, 4) is 0 Å². The lowest BCUT2D eigenvalue weighted by atomic mass is 10.2. The first-order valence-electron chi connectivity index (χ1n) is 4.93. The Morgan fingerprint density at radius 1 is 1.60 bits per heavy atom. The van der Waals surface area contributed by atoms with Crippen molar-refractivity contribution in [3.63, 3.8) is 0 Å². The molecule has 3 atom stereocenters. The summed E-state index contributed by atoms with van der Waals surface area (Å²) in [5.41, 5.74) is 0.284. The maximum atomic E-state index is 10.6. The largest absolute Gasteiger partial charge is 0.478 e. The van der Waals surface area contributed by atoms with Gasteiger partial charge in [-0.25, -0.2) is 4.79 Å². The molecular weight excluding hydrogens is 200 g/mol. The second-order valence-corrected chi connectivity index (χ2v) is 3.78. The SMILES string of the molecule is CC(=CC(OCC1CO1)C1CO1)C(=O)O. The van der Waals surface area contributed by atoms with E-state index in [1.807, 2.05) is 0 Å². The third-order valence-electron chi connectivity index (χ3n) is 2.35. The van der Waals surface area contributed by atoms with Crippen LogP contribution in [0, 0.1) is 0 Å². The summed E-state index contributed by atoms with van der Waals surface area (Å²) in [5.74, 6) is -0.924. The van der Waals surface area contributed by atoms with Crippen LogP contribution >= 0.6 is 0 Å². The molecule has 0 aliphatic carbocycles. The van der Waals surface area contributed by atoms with Gasteiger partial charge in [0.25, 0.3) is 0 Å². The maximum Gasteiger partial charge on any atom is 0.331 e. The number of rotatable bonds is 6. The number of hydrogen-bond donors (Lipinski definition) is 1. The molecule has 0 amide bonds. The molecule has 2 heterocycles. The molecule has 2 aliphatic rings. The van der Waals surface area contributed by atoms with Gasteiger partial charge in [0.05, 0.1) is 19.8 Å². The Hall–Kier alpha value is -0.910. The molecule has 0 aromatic heterocycles. The van der Waals surface area contributed by atoms with Gasteiger partial charge in [-0.2, -0.15) is 0 Å². The Bertz CT molecular complexity index is 278. The van der Waals surface area contributed by atoms with Crippen molar-refractivity contribution in [2.75, 3.05) is 19.8 Å². The highest BCUT2D eigenvalue weighted by molar-refractivity contribution is 5.85. The van der Waals surface area contributed by atoms with Crippen molar-refractivity contribution in [2.24, 2.45) is 0 Å². The number of epoxide rings is 2. The molecule has 2 aliphatic heterocycles. The highest BCUT2D eigenvalue weighted by Crippen LogP contribution is 2.21. The van der Waals surface area contributed by atoms with Crippen molar-refractivity contribution in [3.05, 3.63) is 11.6 Å². The molecule has 5 nitrogen and oxygen atoms in total. The molecule has 0 saturated carbocycles. The number of carboxylic acids is 1. The molecule has 84 valence electrons. The van der Waals surface area contributed by atoms with E-state index < -0.39 is 5.97 Å². The van der Waals surface area contributed by atoms with E-state index in [2.05, 4.69) is 0 Å². The van der Waals surface area contributed by atoms with Crippen LogP contribution in [-0.4, -0.2) is 49.2 Å². The van der Waals surface area contributed by atoms with Crippen LogP contribution < -0.4 is 0 Å². The van der Waals surface area contributed by atoms with E-state index in [1.54, 1.807) is 13.0 Å². The Balaban J connectivity index is 1.86. The molecular formula is C10H14O5. The highest BCUT2D eigenvalue weighted by Gasteiger charge is 2.34. The van der Waals surface area contributed by atoms with Crippen molar-refractivity contribution < 1.29 is 24.1 Å². The molecule has 0 spiro atoms. The van der Waals surface area contributed by atoms with Gasteiger partial charge < -0.3 is 19.3 Å². The second kappa shape index (κ2) is 4.30. The molecule has 3 unspecified atom stereocenters. The topological polar surface area (TPSA) is 71.6 Å². The predicted molar refractivity (Wildman–Crippen MR) is 50.6 cm³/mol. The lowest BCUT2D eigenvalue weighted by Gasteiger charge is -2.11. The Labute approximate surface area is 87.6 Å². The van der Waals surface area contributed by atoms with Crippen LogP contribution in [0.1, 0.15) is 6.92 Å². The van der Waals surface area contributed by atoms with Crippen molar-refractivity contribution >= 4 is 5.97 Å². The van der Waals surface area contributed by atoms with Gasteiger partial charge in [-0.05, 0) is 13.0 Å². The fourth-order valence-corrected chi connectivity index (χ4v) is 1.21. The predicted octanol–water partition coefficient (Wildman–Crippen LogP) is 0.200. The third kappa shape index (κ3) is 3.30.